The Morgan fingerprint density at radius 3 is 2.40 bits per heavy atom. The zero-order valence-corrected chi connectivity index (χ0v) is 21.0. The Balaban J connectivity index is 1.36. The third kappa shape index (κ3) is 6.43. The number of benzene rings is 2. The van der Waals surface area contributed by atoms with Gasteiger partial charge in [-0.2, -0.15) is 0 Å². The first-order chi connectivity index (χ1) is 16.9. The van der Waals surface area contributed by atoms with E-state index in [0.29, 0.717) is 16.4 Å². The number of hydrogen-bond acceptors (Lipinski definition) is 8. The summed E-state index contributed by atoms with van der Waals surface area (Å²) in [5.41, 5.74) is 3.87. The first kappa shape index (κ1) is 24.4. The van der Waals surface area contributed by atoms with Crippen LogP contribution >= 0.6 is 23.1 Å². The number of ether oxygens (including phenoxy) is 1. The number of hydrogen-bond donors (Lipinski definition) is 2. The molecule has 10 heteroatoms. The number of carbonyl (C=O) groups excluding carboxylic acids is 2. The highest BCUT2D eigenvalue weighted by Gasteiger charge is 2.14. The molecule has 2 aromatic carbocycles. The fourth-order valence-electron chi connectivity index (χ4n) is 3.22. The summed E-state index contributed by atoms with van der Waals surface area (Å²) in [5.74, 6) is 0.632. The standard InChI is InChI=1S/C25H23N5O3S2/c1-15-24(35-25(26-15)17-7-9-20(33-3)10-8-17)21-11-12-23(30-29-21)34-14-22(32)28-19-6-4-5-18(13-19)27-16(2)31/h4-13H,14H2,1-3H3,(H,27,31)(H,28,32). The van der Waals surface area contributed by atoms with E-state index in [1.165, 1.54) is 18.7 Å². The molecule has 35 heavy (non-hydrogen) atoms. The highest BCUT2D eigenvalue weighted by Crippen LogP contribution is 2.35. The van der Waals surface area contributed by atoms with E-state index in [-0.39, 0.29) is 17.6 Å². The number of amides is 2. The average molecular weight is 506 g/mol. The number of nitrogens with zero attached hydrogens (tertiary/aromatic N) is 3. The Labute approximate surface area is 211 Å². The van der Waals surface area contributed by atoms with E-state index in [0.717, 1.165) is 32.6 Å². The predicted molar refractivity (Wildman–Crippen MR) is 140 cm³/mol. The van der Waals surface area contributed by atoms with Gasteiger partial charge in [0.15, 0.2) is 0 Å². The van der Waals surface area contributed by atoms with Crippen LogP contribution in [0.25, 0.3) is 21.1 Å². The first-order valence-corrected chi connectivity index (χ1v) is 12.5. The minimum Gasteiger partial charge on any atom is -0.497 e. The molecule has 0 unspecified atom stereocenters. The molecule has 0 bridgehead atoms. The molecule has 2 amide bonds. The summed E-state index contributed by atoms with van der Waals surface area (Å²) < 4.78 is 5.22. The molecule has 0 atom stereocenters. The summed E-state index contributed by atoms with van der Waals surface area (Å²) >= 11 is 2.85. The zero-order chi connectivity index (χ0) is 24.8. The van der Waals surface area contributed by atoms with E-state index in [1.54, 1.807) is 42.7 Å². The monoisotopic (exact) mass is 505 g/mol. The Morgan fingerprint density at radius 2 is 1.74 bits per heavy atom. The lowest BCUT2D eigenvalue weighted by Gasteiger charge is -2.07. The second-order valence-electron chi connectivity index (χ2n) is 7.52. The summed E-state index contributed by atoms with van der Waals surface area (Å²) in [5, 5.41) is 15.7. The molecule has 0 saturated carbocycles. The maximum Gasteiger partial charge on any atom is 0.234 e. The normalized spacial score (nSPS) is 10.6. The fourth-order valence-corrected chi connectivity index (χ4v) is 4.87. The summed E-state index contributed by atoms with van der Waals surface area (Å²) in [6.45, 7) is 3.39. The van der Waals surface area contributed by atoms with Gasteiger partial charge >= 0.3 is 0 Å². The van der Waals surface area contributed by atoms with Gasteiger partial charge in [-0.05, 0) is 61.5 Å². The van der Waals surface area contributed by atoms with Gasteiger partial charge in [-0.15, -0.1) is 21.5 Å². The first-order valence-electron chi connectivity index (χ1n) is 10.7. The molecule has 2 aromatic heterocycles. The van der Waals surface area contributed by atoms with Crippen molar-refractivity contribution in [3.05, 3.63) is 66.4 Å². The van der Waals surface area contributed by atoms with E-state index in [1.807, 2.05) is 43.3 Å². The largest absolute Gasteiger partial charge is 0.497 e. The molecule has 0 saturated heterocycles. The van der Waals surface area contributed by atoms with Gasteiger partial charge < -0.3 is 15.4 Å². The lowest BCUT2D eigenvalue weighted by atomic mass is 10.2. The smallest absolute Gasteiger partial charge is 0.234 e. The van der Waals surface area contributed by atoms with Crippen molar-refractivity contribution in [1.82, 2.24) is 15.2 Å². The number of rotatable bonds is 8. The quantitative estimate of drug-likeness (QED) is 0.314. The Bertz CT molecular complexity index is 1340. The van der Waals surface area contributed by atoms with Gasteiger partial charge in [-0.3, -0.25) is 9.59 Å². The van der Waals surface area contributed by atoms with E-state index in [4.69, 9.17) is 4.74 Å². The summed E-state index contributed by atoms with van der Waals surface area (Å²) in [6, 6.07) is 18.5. The molecule has 4 aromatic rings. The van der Waals surface area contributed by atoms with E-state index < -0.39 is 0 Å². The van der Waals surface area contributed by atoms with Crippen LogP contribution in [0.5, 0.6) is 5.75 Å². The van der Waals surface area contributed by atoms with Gasteiger partial charge in [0.25, 0.3) is 0 Å². The second kappa shape index (κ2) is 11.1. The summed E-state index contributed by atoms with van der Waals surface area (Å²) in [4.78, 5) is 29.2. The fraction of sp³-hybridized carbons (Fsp3) is 0.160. The second-order valence-corrected chi connectivity index (χ2v) is 9.51. The van der Waals surface area contributed by atoms with Crippen LogP contribution in [0.15, 0.2) is 65.7 Å². The molecule has 0 spiro atoms. The van der Waals surface area contributed by atoms with E-state index >= 15 is 0 Å². The minimum absolute atomic E-state index is 0.170. The number of nitrogens with one attached hydrogen (secondary N) is 2. The molecule has 8 nitrogen and oxygen atoms in total. The van der Waals surface area contributed by atoms with Crippen molar-refractivity contribution in [3.8, 4) is 26.9 Å². The SMILES string of the molecule is COc1ccc(-c2nc(C)c(-c3ccc(SCC(=O)Nc4cccc(NC(C)=O)c4)nn3)s2)cc1. The number of methoxy groups -OCH3 is 1. The van der Waals surface area contributed by atoms with Crippen molar-refractivity contribution in [1.29, 1.82) is 0 Å². The molecule has 178 valence electrons. The lowest BCUT2D eigenvalue weighted by Crippen LogP contribution is -2.14. The molecule has 4 rings (SSSR count). The highest BCUT2D eigenvalue weighted by molar-refractivity contribution is 7.99. The number of thiazole rings is 1. The van der Waals surface area contributed by atoms with E-state index in [9.17, 15) is 9.59 Å². The van der Waals surface area contributed by atoms with Gasteiger partial charge in [0.2, 0.25) is 11.8 Å². The number of carbonyl (C=O) groups is 2. The van der Waals surface area contributed by atoms with Crippen molar-refractivity contribution < 1.29 is 14.3 Å². The Kier molecular flexibility index (Phi) is 7.74. The van der Waals surface area contributed by atoms with Crippen LogP contribution in [0.2, 0.25) is 0 Å². The van der Waals surface area contributed by atoms with E-state index in [2.05, 4.69) is 25.8 Å². The predicted octanol–water partition coefficient (Wildman–Crippen LogP) is 5.27. The molecule has 0 aliphatic heterocycles. The van der Waals surface area contributed by atoms with Crippen LogP contribution in [-0.4, -0.2) is 39.9 Å². The molecule has 0 aliphatic rings. The van der Waals surface area contributed by atoms with Crippen LogP contribution < -0.4 is 15.4 Å². The minimum atomic E-state index is -0.178. The van der Waals surface area contributed by atoms with Gasteiger partial charge in [0, 0.05) is 23.9 Å². The van der Waals surface area contributed by atoms with Crippen molar-refractivity contribution in [2.75, 3.05) is 23.5 Å². The van der Waals surface area contributed by atoms with Crippen LogP contribution in [0.1, 0.15) is 12.6 Å². The molecule has 2 heterocycles. The summed E-state index contributed by atoms with van der Waals surface area (Å²) in [7, 11) is 1.64. The third-order valence-corrected chi connectivity index (χ3v) is 6.97. The van der Waals surface area contributed by atoms with Crippen LogP contribution in [0.4, 0.5) is 11.4 Å². The third-order valence-electron chi connectivity index (χ3n) is 4.82. The molecule has 2 N–H and O–H groups in total. The number of thioether (sulfide) groups is 1. The molecular formula is C25H23N5O3S2. The Hall–Kier alpha value is -3.76. The Morgan fingerprint density at radius 1 is 1.00 bits per heavy atom. The number of aromatic nitrogens is 3. The molecule has 0 aliphatic carbocycles. The maximum absolute atomic E-state index is 12.3. The molecule has 0 radical (unpaired) electrons. The van der Waals surface area contributed by atoms with Gasteiger partial charge in [-0.1, -0.05) is 17.8 Å². The summed E-state index contributed by atoms with van der Waals surface area (Å²) in [6.07, 6.45) is 0. The van der Waals surface area contributed by atoms with Crippen molar-refractivity contribution >= 4 is 46.3 Å². The van der Waals surface area contributed by atoms with Crippen LogP contribution in [0.3, 0.4) is 0 Å². The van der Waals surface area contributed by atoms with Crippen molar-refractivity contribution in [3.63, 3.8) is 0 Å². The lowest BCUT2D eigenvalue weighted by molar-refractivity contribution is -0.114. The zero-order valence-electron chi connectivity index (χ0n) is 19.4. The van der Waals surface area contributed by atoms with Gasteiger partial charge in [-0.25, -0.2) is 4.98 Å². The van der Waals surface area contributed by atoms with Crippen molar-refractivity contribution in [2.24, 2.45) is 0 Å². The van der Waals surface area contributed by atoms with Gasteiger partial charge in [0.1, 0.15) is 21.5 Å². The highest BCUT2D eigenvalue weighted by atomic mass is 32.2. The topological polar surface area (TPSA) is 106 Å². The van der Waals surface area contributed by atoms with Crippen LogP contribution in [0, 0.1) is 6.92 Å². The van der Waals surface area contributed by atoms with Crippen molar-refractivity contribution in [2.45, 2.75) is 18.9 Å². The number of anilines is 2. The van der Waals surface area contributed by atoms with Crippen LogP contribution in [-0.2, 0) is 9.59 Å². The number of aryl methyl sites for hydroxylation is 1. The maximum atomic E-state index is 12.3. The molecule has 0 fully saturated rings. The van der Waals surface area contributed by atoms with Gasteiger partial charge in [0.05, 0.1) is 23.4 Å². The average Bonchev–Trinajstić information content (AvgIpc) is 3.24. The molecular weight excluding hydrogens is 482 g/mol.